The van der Waals surface area contributed by atoms with E-state index in [1.807, 2.05) is 9.80 Å². The summed E-state index contributed by atoms with van der Waals surface area (Å²) in [5.74, 6) is 1.18. The van der Waals surface area contributed by atoms with E-state index in [0.717, 1.165) is 52.1 Å². The molecule has 2 saturated heterocycles. The number of likely N-dealkylation sites (tertiary alicyclic amines) is 1. The van der Waals surface area contributed by atoms with Gasteiger partial charge >= 0.3 is 0 Å². The Morgan fingerprint density at radius 1 is 1.10 bits per heavy atom. The molecular weight excluding hydrogens is 396 g/mol. The molecule has 31 heavy (non-hydrogen) atoms. The summed E-state index contributed by atoms with van der Waals surface area (Å²) < 4.78 is 10.7. The molecule has 2 aliphatic heterocycles. The molecule has 0 radical (unpaired) electrons. The Labute approximate surface area is 185 Å². The second-order valence-corrected chi connectivity index (χ2v) is 8.16. The fourth-order valence-corrected chi connectivity index (χ4v) is 4.46. The van der Waals surface area contributed by atoms with E-state index in [1.54, 1.807) is 32.4 Å². The van der Waals surface area contributed by atoms with E-state index in [4.69, 9.17) is 9.47 Å². The summed E-state index contributed by atoms with van der Waals surface area (Å²) in [6, 6.07) is 5.56. The zero-order valence-corrected chi connectivity index (χ0v) is 19.1. The van der Waals surface area contributed by atoms with Crippen LogP contribution in [-0.4, -0.2) is 99.1 Å². The Morgan fingerprint density at radius 3 is 2.39 bits per heavy atom. The third-order valence-corrected chi connectivity index (χ3v) is 6.29. The van der Waals surface area contributed by atoms with Crippen molar-refractivity contribution in [2.45, 2.75) is 32.2 Å². The lowest BCUT2D eigenvalue weighted by atomic mass is 10.1. The van der Waals surface area contributed by atoms with Crippen molar-refractivity contribution in [3.8, 4) is 11.5 Å². The molecule has 0 spiro atoms. The molecule has 8 nitrogen and oxygen atoms in total. The van der Waals surface area contributed by atoms with Gasteiger partial charge in [-0.05, 0) is 38.1 Å². The largest absolute Gasteiger partial charge is 0.497 e. The molecule has 0 aliphatic carbocycles. The summed E-state index contributed by atoms with van der Waals surface area (Å²) in [4.78, 5) is 32.4. The van der Waals surface area contributed by atoms with Crippen LogP contribution in [0, 0.1) is 0 Å². The molecule has 1 aromatic carbocycles. The molecule has 1 aromatic rings. The van der Waals surface area contributed by atoms with Gasteiger partial charge in [-0.15, -0.1) is 0 Å². The Balaban J connectivity index is 1.75. The van der Waals surface area contributed by atoms with E-state index in [2.05, 4.69) is 17.1 Å². The van der Waals surface area contributed by atoms with Crippen molar-refractivity contribution in [2.24, 2.45) is 0 Å². The van der Waals surface area contributed by atoms with Gasteiger partial charge in [0.25, 0.3) is 5.91 Å². The van der Waals surface area contributed by atoms with Crippen LogP contribution in [0.5, 0.6) is 11.5 Å². The second kappa shape index (κ2) is 11.3. The van der Waals surface area contributed by atoms with Crippen LogP contribution in [0.15, 0.2) is 18.2 Å². The van der Waals surface area contributed by atoms with Crippen molar-refractivity contribution < 1.29 is 19.1 Å². The topological polar surface area (TPSA) is 74.4 Å². The summed E-state index contributed by atoms with van der Waals surface area (Å²) >= 11 is 0. The maximum atomic E-state index is 13.5. The van der Waals surface area contributed by atoms with Crippen molar-refractivity contribution >= 4 is 11.8 Å². The highest BCUT2D eigenvalue weighted by Gasteiger charge is 2.29. The number of rotatable bonds is 9. The van der Waals surface area contributed by atoms with Crippen molar-refractivity contribution in [1.82, 2.24) is 20.0 Å². The van der Waals surface area contributed by atoms with Crippen molar-refractivity contribution in [3.63, 3.8) is 0 Å². The number of nitrogens with one attached hydrogen (secondary N) is 1. The van der Waals surface area contributed by atoms with Gasteiger partial charge in [-0.25, -0.2) is 0 Å². The predicted molar refractivity (Wildman–Crippen MR) is 120 cm³/mol. The van der Waals surface area contributed by atoms with Crippen molar-refractivity contribution in [3.05, 3.63) is 23.8 Å². The van der Waals surface area contributed by atoms with Crippen molar-refractivity contribution in [2.75, 3.05) is 66.6 Å². The van der Waals surface area contributed by atoms with Crippen LogP contribution in [-0.2, 0) is 4.79 Å². The highest BCUT2D eigenvalue weighted by molar-refractivity contribution is 5.95. The van der Waals surface area contributed by atoms with Gasteiger partial charge in [-0.3, -0.25) is 14.5 Å². The number of amides is 2. The Kier molecular flexibility index (Phi) is 8.54. The Bertz CT molecular complexity index is 729. The van der Waals surface area contributed by atoms with E-state index >= 15 is 0 Å². The fourth-order valence-electron chi connectivity index (χ4n) is 4.46. The van der Waals surface area contributed by atoms with E-state index in [9.17, 15) is 9.59 Å². The normalized spacial score (nSPS) is 19.3. The first-order valence-electron chi connectivity index (χ1n) is 11.3. The number of likely N-dealkylation sites (N-methyl/N-ethyl adjacent to an activating group) is 1. The monoisotopic (exact) mass is 432 g/mol. The van der Waals surface area contributed by atoms with E-state index in [0.29, 0.717) is 42.6 Å². The molecule has 172 valence electrons. The maximum absolute atomic E-state index is 13.5. The van der Waals surface area contributed by atoms with Crippen LogP contribution in [0.1, 0.15) is 36.5 Å². The first-order chi connectivity index (χ1) is 15.0. The van der Waals surface area contributed by atoms with Gasteiger partial charge in [0.1, 0.15) is 11.5 Å². The number of benzene rings is 1. The third-order valence-electron chi connectivity index (χ3n) is 6.29. The fraction of sp³-hybridized carbons (Fsp3) is 0.652. The predicted octanol–water partition coefficient (Wildman–Crippen LogP) is 1.45. The third kappa shape index (κ3) is 6.11. The van der Waals surface area contributed by atoms with Gasteiger partial charge in [-0.2, -0.15) is 0 Å². The Hall–Kier alpha value is -2.32. The summed E-state index contributed by atoms with van der Waals surface area (Å²) in [5.41, 5.74) is 0.520. The summed E-state index contributed by atoms with van der Waals surface area (Å²) in [6.07, 6.45) is 2.56. The van der Waals surface area contributed by atoms with Crippen LogP contribution in [0.25, 0.3) is 0 Å². The second-order valence-electron chi connectivity index (χ2n) is 8.16. The Morgan fingerprint density at radius 2 is 1.77 bits per heavy atom. The van der Waals surface area contributed by atoms with Gasteiger partial charge in [-0.1, -0.05) is 6.92 Å². The summed E-state index contributed by atoms with van der Waals surface area (Å²) in [7, 11) is 3.15. The van der Waals surface area contributed by atoms with Gasteiger partial charge in [0.15, 0.2) is 0 Å². The van der Waals surface area contributed by atoms with Gasteiger partial charge < -0.3 is 24.6 Å². The van der Waals surface area contributed by atoms with Crippen LogP contribution in [0.4, 0.5) is 0 Å². The highest BCUT2D eigenvalue weighted by Crippen LogP contribution is 2.25. The lowest BCUT2D eigenvalue weighted by Gasteiger charge is -2.32. The number of hydrogen-bond donors (Lipinski definition) is 1. The lowest BCUT2D eigenvalue weighted by molar-refractivity contribution is -0.132. The zero-order valence-electron chi connectivity index (χ0n) is 19.1. The SMILES string of the molecule is CCN1CCCC1CN(CCC(=O)N1CCNCC1)C(=O)c1cc(OC)cc(OC)c1. The van der Waals surface area contributed by atoms with E-state index in [-0.39, 0.29) is 11.8 Å². The first-order valence-corrected chi connectivity index (χ1v) is 11.3. The summed E-state index contributed by atoms with van der Waals surface area (Å²) in [5, 5.41) is 3.27. The van der Waals surface area contributed by atoms with Crippen molar-refractivity contribution in [1.29, 1.82) is 0 Å². The zero-order chi connectivity index (χ0) is 22.2. The highest BCUT2D eigenvalue weighted by atomic mass is 16.5. The van der Waals surface area contributed by atoms with Crippen LogP contribution in [0.3, 0.4) is 0 Å². The molecule has 1 unspecified atom stereocenters. The minimum absolute atomic E-state index is 0.0896. The lowest BCUT2D eigenvalue weighted by Crippen LogP contribution is -2.48. The van der Waals surface area contributed by atoms with Gasteiger partial charge in [0.05, 0.1) is 14.2 Å². The molecule has 0 aromatic heterocycles. The standard InChI is InChI=1S/C23H36N4O4/c1-4-25-10-5-6-19(25)17-27(11-7-22(28)26-12-8-24-9-13-26)23(29)18-14-20(30-2)16-21(15-18)31-3/h14-16,19,24H,4-13,17H2,1-3H3. The van der Waals surface area contributed by atoms with E-state index in [1.165, 1.54) is 0 Å². The average Bonchev–Trinajstić information content (AvgIpc) is 3.28. The molecule has 8 heteroatoms. The molecular formula is C23H36N4O4. The van der Waals surface area contributed by atoms with Gasteiger partial charge in [0, 0.05) is 63.4 Å². The van der Waals surface area contributed by atoms with Crippen LogP contribution in [0.2, 0.25) is 0 Å². The number of nitrogens with zero attached hydrogens (tertiary/aromatic N) is 3. The molecule has 3 rings (SSSR count). The number of methoxy groups -OCH3 is 2. The van der Waals surface area contributed by atoms with Crippen LogP contribution >= 0.6 is 0 Å². The number of ether oxygens (including phenoxy) is 2. The minimum atomic E-state index is -0.0896. The minimum Gasteiger partial charge on any atom is -0.497 e. The van der Waals surface area contributed by atoms with Crippen LogP contribution < -0.4 is 14.8 Å². The molecule has 2 heterocycles. The number of hydrogen-bond acceptors (Lipinski definition) is 6. The first kappa shape index (κ1) is 23.3. The number of carbonyl (C=O) groups is 2. The molecule has 2 aliphatic rings. The molecule has 2 fully saturated rings. The quantitative estimate of drug-likeness (QED) is 0.637. The molecule has 0 saturated carbocycles. The van der Waals surface area contributed by atoms with Gasteiger partial charge in [0.2, 0.25) is 5.91 Å². The summed E-state index contributed by atoms with van der Waals surface area (Å²) in [6.45, 7) is 8.34. The average molecular weight is 433 g/mol. The molecule has 0 bridgehead atoms. The molecule has 2 amide bonds. The van der Waals surface area contributed by atoms with E-state index < -0.39 is 0 Å². The number of piperazine rings is 1. The number of carbonyl (C=O) groups excluding carboxylic acids is 2. The smallest absolute Gasteiger partial charge is 0.254 e. The maximum Gasteiger partial charge on any atom is 0.254 e. The molecule has 1 atom stereocenters. The molecule has 1 N–H and O–H groups in total.